The molecule has 0 aromatic heterocycles. The number of ether oxygens (including phenoxy) is 2. The Morgan fingerprint density at radius 2 is 1.92 bits per heavy atom. The van der Waals surface area contributed by atoms with Crippen molar-refractivity contribution in [1.29, 1.82) is 0 Å². The molecule has 0 unspecified atom stereocenters. The van der Waals surface area contributed by atoms with Gasteiger partial charge in [0.2, 0.25) is 5.91 Å². The topological polar surface area (TPSA) is 50.8 Å². The summed E-state index contributed by atoms with van der Waals surface area (Å²) in [5.41, 5.74) is 1.04. The van der Waals surface area contributed by atoms with Gasteiger partial charge in [-0.05, 0) is 48.4 Å². The summed E-state index contributed by atoms with van der Waals surface area (Å²) in [6.07, 6.45) is 0.968. The van der Waals surface area contributed by atoms with Crippen molar-refractivity contribution in [3.05, 3.63) is 42.0 Å². The summed E-state index contributed by atoms with van der Waals surface area (Å²) >= 11 is 0. The van der Waals surface area contributed by atoms with Gasteiger partial charge in [-0.2, -0.15) is 0 Å². The number of nitrogens with one attached hydrogen (secondary N) is 1. The Bertz CT molecular complexity index is 741. The summed E-state index contributed by atoms with van der Waals surface area (Å²) in [7, 11) is 1.67. The minimum atomic E-state index is -0.162. The van der Waals surface area contributed by atoms with Crippen LogP contribution in [-0.4, -0.2) is 57.3 Å². The van der Waals surface area contributed by atoms with Crippen molar-refractivity contribution in [2.75, 3.05) is 46.5 Å². The molecule has 1 atom stereocenters. The van der Waals surface area contributed by atoms with E-state index in [2.05, 4.69) is 22.3 Å². The molecule has 26 heavy (non-hydrogen) atoms. The maximum absolute atomic E-state index is 12.5. The van der Waals surface area contributed by atoms with Gasteiger partial charge in [-0.25, -0.2) is 0 Å². The van der Waals surface area contributed by atoms with Crippen LogP contribution in [0, 0.1) is 0 Å². The first-order valence-corrected chi connectivity index (χ1v) is 9.33. The van der Waals surface area contributed by atoms with Gasteiger partial charge in [-0.15, -0.1) is 0 Å². The zero-order chi connectivity index (χ0) is 18.4. The van der Waals surface area contributed by atoms with Gasteiger partial charge in [-0.3, -0.25) is 9.69 Å². The number of rotatable bonds is 7. The smallest absolute Gasteiger partial charge is 0.227 e. The van der Waals surface area contributed by atoms with E-state index >= 15 is 0 Å². The predicted octanol–water partition coefficient (Wildman–Crippen LogP) is 2.79. The summed E-state index contributed by atoms with van der Waals surface area (Å²) in [4.78, 5) is 14.9. The van der Waals surface area contributed by atoms with E-state index in [4.69, 9.17) is 9.47 Å². The number of morpholine rings is 1. The molecule has 5 heteroatoms. The highest BCUT2D eigenvalue weighted by atomic mass is 16.5. The molecule has 140 valence electrons. The van der Waals surface area contributed by atoms with Crippen LogP contribution in [-0.2, 0) is 9.53 Å². The molecule has 1 fully saturated rings. The van der Waals surface area contributed by atoms with Crippen LogP contribution in [0.25, 0.3) is 10.8 Å². The van der Waals surface area contributed by atoms with Crippen LogP contribution in [0.1, 0.15) is 24.8 Å². The highest BCUT2D eigenvalue weighted by molar-refractivity contribution is 5.88. The van der Waals surface area contributed by atoms with E-state index in [1.54, 1.807) is 7.11 Å². The molecule has 0 radical (unpaired) electrons. The van der Waals surface area contributed by atoms with E-state index < -0.39 is 0 Å². The SMILES string of the molecule is COc1ccc2cc([C@@H](C)C(=O)NCCCN3CCOCC3)ccc2c1. The summed E-state index contributed by atoms with van der Waals surface area (Å²) in [6, 6.07) is 12.2. The number of hydrogen-bond donors (Lipinski definition) is 1. The van der Waals surface area contributed by atoms with Crippen molar-refractivity contribution in [3.63, 3.8) is 0 Å². The van der Waals surface area contributed by atoms with Gasteiger partial charge in [0.1, 0.15) is 5.75 Å². The summed E-state index contributed by atoms with van der Waals surface area (Å²) in [6.45, 7) is 7.30. The average Bonchev–Trinajstić information content (AvgIpc) is 2.70. The van der Waals surface area contributed by atoms with Crippen LogP contribution in [0.4, 0.5) is 0 Å². The molecule has 0 saturated carbocycles. The standard InChI is InChI=1S/C21H28N2O3/c1-16(21(24)22-8-3-9-23-10-12-26-13-11-23)17-4-5-19-15-20(25-2)7-6-18(19)14-17/h4-7,14-16H,3,8-13H2,1-2H3,(H,22,24)/t16-/m1/s1. The number of hydrogen-bond acceptors (Lipinski definition) is 4. The number of carbonyl (C=O) groups is 1. The van der Waals surface area contributed by atoms with Gasteiger partial charge < -0.3 is 14.8 Å². The van der Waals surface area contributed by atoms with Gasteiger partial charge in [0.25, 0.3) is 0 Å². The predicted molar refractivity (Wildman–Crippen MR) is 104 cm³/mol. The summed E-state index contributed by atoms with van der Waals surface area (Å²) in [5, 5.41) is 5.31. The third-order valence-corrected chi connectivity index (χ3v) is 5.02. The largest absolute Gasteiger partial charge is 0.497 e. The monoisotopic (exact) mass is 356 g/mol. The maximum Gasteiger partial charge on any atom is 0.227 e. The van der Waals surface area contributed by atoms with E-state index in [0.717, 1.165) is 61.4 Å². The van der Waals surface area contributed by atoms with E-state index in [0.29, 0.717) is 6.54 Å². The summed E-state index contributed by atoms with van der Waals surface area (Å²) in [5.74, 6) is 0.765. The number of benzene rings is 2. The van der Waals surface area contributed by atoms with Gasteiger partial charge in [0.15, 0.2) is 0 Å². The van der Waals surface area contributed by atoms with Crippen LogP contribution >= 0.6 is 0 Å². The number of amides is 1. The van der Waals surface area contributed by atoms with Gasteiger partial charge in [0.05, 0.1) is 26.2 Å². The minimum Gasteiger partial charge on any atom is -0.497 e. The molecule has 5 nitrogen and oxygen atoms in total. The Morgan fingerprint density at radius 1 is 1.19 bits per heavy atom. The molecule has 2 aromatic rings. The molecule has 1 saturated heterocycles. The quantitative estimate of drug-likeness (QED) is 0.775. The number of fused-ring (bicyclic) bond motifs is 1. The first-order valence-electron chi connectivity index (χ1n) is 9.33. The molecule has 1 heterocycles. The first kappa shape index (κ1) is 18.7. The normalized spacial score (nSPS) is 16.4. The van der Waals surface area contributed by atoms with Crippen molar-refractivity contribution >= 4 is 16.7 Å². The Balaban J connectivity index is 1.51. The van der Waals surface area contributed by atoms with Crippen LogP contribution in [0.5, 0.6) is 5.75 Å². The lowest BCUT2D eigenvalue weighted by molar-refractivity contribution is -0.122. The Labute approximate surface area is 155 Å². The number of methoxy groups -OCH3 is 1. The Kier molecular flexibility index (Phi) is 6.47. The second kappa shape index (κ2) is 9.01. The average molecular weight is 356 g/mol. The lowest BCUT2D eigenvalue weighted by Crippen LogP contribution is -2.38. The van der Waals surface area contributed by atoms with Gasteiger partial charge in [0, 0.05) is 19.6 Å². The second-order valence-electron chi connectivity index (χ2n) is 6.79. The zero-order valence-corrected chi connectivity index (χ0v) is 15.7. The van der Waals surface area contributed by atoms with E-state index in [1.165, 1.54) is 0 Å². The van der Waals surface area contributed by atoms with Crippen molar-refractivity contribution in [1.82, 2.24) is 10.2 Å². The Hall–Kier alpha value is -2.11. The van der Waals surface area contributed by atoms with Crippen molar-refractivity contribution in [2.24, 2.45) is 0 Å². The highest BCUT2D eigenvalue weighted by Crippen LogP contribution is 2.25. The van der Waals surface area contributed by atoms with Crippen LogP contribution in [0.3, 0.4) is 0 Å². The molecular formula is C21H28N2O3. The lowest BCUT2D eigenvalue weighted by Gasteiger charge is -2.26. The highest BCUT2D eigenvalue weighted by Gasteiger charge is 2.16. The second-order valence-corrected chi connectivity index (χ2v) is 6.79. The van der Waals surface area contributed by atoms with Crippen molar-refractivity contribution in [2.45, 2.75) is 19.3 Å². The molecule has 1 aliphatic rings. The molecule has 0 bridgehead atoms. The van der Waals surface area contributed by atoms with Crippen molar-refractivity contribution < 1.29 is 14.3 Å². The first-order chi connectivity index (χ1) is 12.7. The fourth-order valence-electron chi connectivity index (χ4n) is 3.28. The minimum absolute atomic E-state index is 0.0832. The summed E-state index contributed by atoms with van der Waals surface area (Å²) < 4.78 is 10.6. The number of nitrogens with zero attached hydrogens (tertiary/aromatic N) is 1. The fraction of sp³-hybridized carbons (Fsp3) is 0.476. The molecule has 0 aliphatic carbocycles. The molecular weight excluding hydrogens is 328 g/mol. The van der Waals surface area contributed by atoms with E-state index in [1.807, 2.05) is 31.2 Å². The molecule has 2 aromatic carbocycles. The van der Waals surface area contributed by atoms with Crippen LogP contribution in [0.15, 0.2) is 36.4 Å². The van der Waals surface area contributed by atoms with Gasteiger partial charge in [-0.1, -0.05) is 24.3 Å². The molecule has 1 N–H and O–H groups in total. The van der Waals surface area contributed by atoms with Crippen LogP contribution < -0.4 is 10.1 Å². The molecule has 0 spiro atoms. The van der Waals surface area contributed by atoms with Crippen LogP contribution in [0.2, 0.25) is 0 Å². The zero-order valence-electron chi connectivity index (χ0n) is 15.7. The third kappa shape index (κ3) is 4.74. The lowest BCUT2D eigenvalue weighted by atomic mass is 9.97. The molecule has 3 rings (SSSR count). The maximum atomic E-state index is 12.5. The molecule has 1 aliphatic heterocycles. The van der Waals surface area contributed by atoms with E-state index in [-0.39, 0.29) is 11.8 Å². The van der Waals surface area contributed by atoms with Gasteiger partial charge >= 0.3 is 0 Å². The van der Waals surface area contributed by atoms with Crippen molar-refractivity contribution in [3.8, 4) is 5.75 Å². The fourth-order valence-corrected chi connectivity index (χ4v) is 3.28. The number of carbonyl (C=O) groups excluding carboxylic acids is 1. The van der Waals surface area contributed by atoms with E-state index in [9.17, 15) is 4.79 Å². The third-order valence-electron chi connectivity index (χ3n) is 5.02. The Morgan fingerprint density at radius 3 is 2.69 bits per heavy atom. The molecule has 1 amide bonds.